The van der Waals surface area contributed by atoms with Crippen molar-refractivity contribution in [3.8, 4) is 33.8 Å². The fourth-order valence-corrected chi connectivity index (χ4v) is 8.08. The summed E-state index contributed by atoms with van der Waals surface area (Å²) < 4.78 is 6.92. The molecule has 1 aliphatic heterocycles. The van der Waals surface area contributed by atoms with E-state index in [0.717, 1.165) is 45.3 Å². The summed E-state index contributed by atoms with van der Waals surface area (Å²) in [6.45, 7) is 6.76. The van der Waals surface area contributed by atoms with Crippen LogP contribution in [0.15, 0.2) is 170 Å². The number of ether oxygens (including phenoxy) is 1. The molecule has 0 aliphatic carbocycles. The Hall–Kier alpha value is -6.38. The van der Waals surface area contributed by atoms with E-state index in [9.17, 15) is 0 Å². The minimum absolute atomic E-state index is 0.101. The number of anilines is 3. The molecule has 248 valence electrons. The first-order chi connectivity index (χ1) is 25.4. The average Bonchev–Trinajstić information content (AvgIpc) is 3.19. The average molecular weight is 668 g/mol. The highest BCUT2D eigenvalue weighted by Gasteiger charge is 2.28. The van der Waals surface area contributed by atoms with Crippen molar-refractivity contribution < 1.29 is 4.74 Å². The third-order valence-corrected chi connectivity index (χ3v) is 10.8. The third kappa shape index (κ3) is 4.86. The Bertz CT molecular complexity index is 2820. The molecule has 1 aliphatic rings. The van der Waals surface area contributed by atoms with Crippen LogP contribution < -0.4 is 9.64 Å². The molecule has 0 saturated carbocycles. The van der Waals surface area contributed by atoms with Gasteiger partial charge in [0.2, 0.25) is 0 Å². The van der Waals surface area contributed by atoms with E-state index in [1.807, 2.05) is 0 Å². The van der Waals surface area contributed by atoms with Gasteiger partial charge in [-0.2, -0.15) is 0 Å². The van der Waals surface area contributed by atoms with Gasteiger partial charge < -0.3 is 9.64 Å². The predicted molar refractivity (Wildman–Crippen MR) is 221 cm³/mol. The molecule has 0 bridgehead atoms. The van der Waals surface area contributed by atoms with Crippen LogP contribution in [0.4, 0.5) is 17.1 Å². The van der Waals surface area contributed by atoms with E-state index >= 15 is 0 Å². The number of hydrogen-bond donors (Lipinski definition) is 0. The molecule has 0 atom stereocenters. The van der Waals surface area contributed by atoms with Gasteiger partial charge >= 0.3 is 0 Å². The van der Waals surface area contributed by atoms with Crippen LogP contribution in [-0.4, -0.2) is 0 Å². The SMILES string of the molecule is CC(C)(C)c1ccc(-c2ccc3c(c2)Oc2cc(-c4ccc5c6ccccc6c6ccccc6c5c4)ccc2N3c2cccc3ccccc23)cc1. The summed E-state index contributed by atoms with van der Waals surface area (Å²) >= 11 is 0. The maximum absolute atomic E-state index is 6.92. The van der Waals surface area contributed by atoms with Crippen molar-refractivity contribution in [2.24, 2.45) is 0 Å². The molecule has 1 heterocycles. The molecule has 9 aromatic carbocycles. The van der Waals surface area contributed by atoms with Crippen molar-refractivity contribution in [1.29, 1.82) is 0 Å². The first-order valence-corrected chi connectivity index (χ1v) is 18.1. The zero-order chi connectivity index (χ0) is 35.0. The lowest BCUT2D eigenvalue weighted by Crippen LogP contribution is -2.16. The van der Waals surface area contributed by atoms with E-state index in [1.54, 1.807) is 0 Å². The third-order valence-electron chi connectivity index (χ3n) is 10.8. The molecule has 0 spiro atoms. The second-order valence-electron chi connectivity index (χ2n) is 15.0. The van der Waals surface area contributed by atoms with Crippen LogP contribution in [0, 0.1) is 0 Å². The molecular weight excluding hydrogens is 631 g/mol. The minimum Gasteiger partial charge on any atom is -0.453 e. The monoisotopic (exact) mass is 667 g/mol. The summed E-state index contributed by atoms with van der Waals surface area (Å²) in [7, 11) is 0. The maximum Gasteiger partial charge on any atom is 0.152 e. The van der Waals surface area contributed by atoms with Crippen LogP contribution in [0.2, 0.25) is 0 Å². The summed E-state index contributed by atoms with van der Waals surface area (Å²) in [6, 6.07) is 61.8. The fraction of sp³-hybridized carbons (Fsp3) is 0.0800. The number of nitrogens with zero attached hydrogens (tertiary/aromatic N) is 1. The summed E-state index contributed by atoms with van der Waals surface area (Å²) in [6.07, 6.45) is 0. The van der Waals surface area contributed by atoms with Gasteiger partial charge in [0.15, 0.2) is 11.5 Å². The second-order valence-corrected chi connectivity index (χ2v) is 15.0. The number of rotatable bonds is 3. The number of fused-ring (bicyclic) bond motifs is 9. The van der Waals surface area contributed by atoms with Crippen molar-refractivity contribution in [3.05, 3.63) is 175 Å². The molecule has 0 N–H and O–H groups in total. The summed E-state index contributed by atoms with van der Waals surface area (Å²) in [5.74, 6) is 1.67. The van der Waals surface area contributed by atoms with E-state index < -0.39 is 0 Å². The van der Waals surface area contributed by atoms with E-state index in [1.165, 1.54) is 54.2 Å². The molecule has 10 rings (SSSR count). The minimum atomic E-state index is 0.101. The first-order valence-electron chi connectivity index (χ1n) is 18.1. The molecule has 0 fully saturated rings. The zero-order valence-corrected chi connectivity index (χ0v) is 29.5. The Kier molecular flexibility index (Phi) is 6.78. The van der Waals surface area contributed by atoms with Crippen LogP contribution in [-0.2, 0) is 5.41 Å². The predicted octanol–water partition coefficient (Wildman–Crippen LogP) is 14.5. The second kappa shape index (κ2) is 11.6. The molecule has 2 heteroatoms. The van der Waals surface area contributed by atoms with Crippen molar-refractivity contribution in [2.75, 3.05) is 4.90 Å². The van der Waals surface area contributed by atoms with Gasteiger partial charge in [0.25, 0.3) is 0 Å². The maximum atomic E-state index is 6.92. The summed E-state index contributed by atoms with van der Waals surface area (Å²) in [4.78, 5) is 2.37. The molecule has 2 nitrogen and oxygen atoms in total. The molecular formula is C50H37NO. The highest BCUT2D eigenvalue weighted by Crippen LogP contribution is 2.53. The lowest BCUT2D eigenvalue weighted by atomic mass is 9.86. The Morgan fingerprint density at radius 1 is 0.365 bits per heavy atom. The van der Waals surface area contributed by atoms with E-state index in [-0.39, 0.29) is 5.41 Å². The van der Waals surface area contributed by atoms with Crippen LogP contribution in [0.1, 0.15) is 26.3 Å². The Balaban J connectivity index is 1.14. The fourth-order valence-electron chi connectivity index (χ4n) is 8.08. The largest absolute Gasteiger partial charge is 0.453 e. The molecule has 0 aromatic heterocycles. The van der Waals surface area contributed by atoms with Crippen molar-refractivity contribution in [1.82, 2.24) is 0 Å². The van der Waals surface area contributed by atoms with Gasteiger partial charge in [0.05, 0.1) is 17.1 Å². The van der Waals surface area contributed by atoms with Gasteiger partial charge in [-0.1, -0.05) is 154 Å². The molecule has 52 heavy (non-hydrogen) atoms. The quantitative estimate of drug-likeness (QED) is 0.174. The molecule has 0 saturated heterocycles. The lowest BCUT2D eigenvalue weighted by Gasteiger charge is -2.34. The van der Waals surface area contributed by atoms with Crippen LogP contribution >= 0.6 is 0 Å². The van der Waals surface area contributed by atoms with E-state index in [4.69, 9.17) is 4.74 Å². The molecule has 0 amide bonds. The summed E-state index contributed by atoms with van der Waals surface area (Å²) in [5, 5.41) is 10.1. The highest BCUT2D eigenvalue weighted by atomic mass is 16.5. The van der Waals surface area contributed by atoms with Crippen molar-refractivity contribution in [2.45, 2.75) is 26.2 Å². The topological polar surface area (TPSA) is 12.5 Å². The molecule has 0 radical (unpaired) electrons. The van der Waals surface area contributed by atoms with Crippen LogP contribution in [0.3, 0.4) is 0 Å². The normalized spacial score (nSPS) is 12.6. The Morgan fingerprint density at radius 2 is 0.827 bits per heavy atom. The Labute approximate surface area is 304 Å². The lowest BCUT2D eigenvalue weighted by molar-refractivity contribution is 0.477. The molecule has 9 aromatic rings. The van der Waals surface area contributed by atoms with Crippen LogP contribution in [0.5, 0.6) is 11.5 Å². The first kappa shape index (κ1) is 30.4. The van der Waals surface area contributed by atoms with Crippen molar-refractivity contribution >= 4 is 60.2 Å². The van der Waals surface area contributed by atoms with E-state index in [2.05, 4.69) is 196 Å². The van der Waals surface area contributed by atoms with Gasteiger partial charge in [-0.05, 0) is 107 Å². The number of benzene rings is 9. The summed E-state index contributed by atoms with van der Waals surface area (Å²) in [5.41, 5.74) is 9.18. The Morgan fingerprint density at radius 3 is 1.44 bits per heavy atom. The van der Waals surface area contributed by atoms with Gasteiger partial charge in [0.1, 0.15) is 0 Å². The van der Waals surface area contributed by atoms with Crippen LogP contribution in [0.25, 0.3) is 65.3 Å². The van der Waals surface area contributed by atoms with Gasteiger partial charge in [-0.3, -0.25) is 0 Å². The van der Waals surface area contributed by atoms with Crippen molar-refractivity contribution in [3.63, 3.8) is 0 Å². The zero-order valence-electron chi connectivity index (χ0n) is 29.5. The smallest absolute Gasteiger partial charge is 0.152 e. The molecule has 0 unspecified atom stereocenters. The number of hydrogen-bond acceptors (Lipinski definition) is 2. The van der Waals surface area contributed by atoms with Gasteiger partial charge in [0, 0.05) is 5.39 Å². The van der Waals surface area contributed by atoms with Gasteiger partial charge in [-0.25, -0.2) is 0 Å². The highest BCUT2D eigenvalue weighted by molar-refractivity contribution is 6.25. The van der Waals surface area contributed by atoms with Gasteiger partial charge in [-0.15, -0.1) is 0 Å². The van der Waals surface area contributed by atoms with E-state index in [0.29, 0.717) is 0 Å². The standard InChI is InChI=1S/C50H37NO/c1-50(2,3)37-24-19-32(20-25-37)35-22-27-46-48(30-35)52-49-31-36(23-28-47(49)51(46)45-18-10-12-33-11-4-5-13-38(33)45)34-21-26-43-41-16-7-6-14-39(41)40-15-8-9-17-42(40)44(43)29-34/h4-31H,1-3H3.